The summed E-state index contributed by atoms with van der Waals surface area (Å²) >= 11 is 0. The molecule has 2 aliphatic carbocycles. The molecule has 0 spiro atoms. The quantitative estimate of drug-likeness (QED) is 0.663. The molecule has 0 heterocycles. The number of aliphatic hydroxyl groups is 1. The van der Waals surface area contributed by atoms with E-state index in [1.165, 1.54) is 32.1 Å². The molecule has 0 aromatic rings. The van der Waals surface area contributed by atoms with Crippen LogP contribution in [0, 0.1) is 11.3 Å². The molecule has 0 aromatic carbocycles. The van der Waals surface area contributed by atoms with E-state index in [4.69, 9.17) is 0 Å². The van der Waals surface area contributed by atoms with Crippen LogP contribution in [0.15, 0.2) is 11.1 Å². The zero-order chi connectivity index (χ0) is 12.0. The third kappa shape index (κ3) is 2.07. The second-order valence-electron chi connectivity index (χ2n) is 6.77. The highest BCUT2D eigenvalue weighted by atomic mass is 16.3. The molecule has 1 saturated carbocycles. The Morgan fingerprint density at radius 2 is 2.00 bits per heavy atom. The molecular formula is C15H26O. The highest BCUT2D eigenvalue weighted by molar-refractivity contribution is 5.26. The predicted octanol–water partition coefficient (Wildman–Crippen LogP) is 4.06. The van der Waals surface area contributed by atoms with Crippen molar-refractivity contribution >= 4 is 0 Å². The van der Waals surface area contributed by atoms with Crippen LogP contribution in [0.1, 0.15) is 66.2 Å². The van der Waals surface area contributed by atoms with Crippen LogP contribution in [0.3, 0.4) is 0 Å². The molecule has 1 unspecified atom stereocenters. The second-order valence-corrected chi connectivity index (χ2v) is 6.77. The molecular weight excluding hydrogens is 196 g/mol. The van der Waals surface area contributed by atoms with Gasteiger partial charge in [0.05, 0.1) is 5.60 Å². The van der Waals surface area contributed by atoms with Crippen molar-refractivity contribution in [1.29, 1.82) is 0 Å². The number of hydrogen-bond donors (Lipinski definition) is 1. The average Bonchev–Trinajstić information content (AvgIpc) is 2.15. The van der Waals surface area contributed by atoms with Crippen LogP contribution in [0.2, 0.25) is 0 Å². The van der Waals surface area contributed by atoms with Crippen LogP contribution in [0.25, 0.3) is 0 Å². The lowest BCUT2D eigenvalue weighted by molar-refractivity contribution is -0.00453. The van der Waals surface area contributed by atoms with E-state index in [2.05, 4.69) is 13.8 Å². The van der Waals surface area contributed by atoms with Crippen molar-refractivity contribution in [2.45, 2.75) is 71.8 Å². The first kappa shape index (κ1) is 12.2. The van der Waals surface area contributed by atoms with Crippen LogP contribution >= 0.6 is 0 Å². The fourth-order valence-corrected chi connectivity index (χ4v) is 3.70. The highest BCUT2D eigenvalue weighted by Gasteiger charge is 2.41. The summed E-state index contributed by atoms with van der Waals surface area (Å²) in [5.74, 6) is 0.462. The standard InChI is InChI=1S/C15H26O/c1-11-6-5-8-15(4)9-7-12(10-13(11)15)14(2,3)16/h12,16H,5-10H2,1-4H3/t12?,15-/m1/s1. The summed E-state index contributed by atoms with van der Waals surface area (Å²) in [6.45, 7) is 8.68. The molecule has 2 rings (SSSR count). The van der Waals surface area contributed by atoms with E-state index in [0.717, 1.165) is 6.42 Å². The molecule has 1 nitrogen and oxygen atoms in total. The fraction of sp³-hybridized carbons (Fsp3) is 0.867. The summed E-state index contributed by atoms with van der Waals surface area (Å²) in [7, 11) is 0. The van der Waals surface area contributed by atoms with Gasteiger partial charge in [-0.25, -0.2) is 0 Å². The molecule has 1 heteroatoms. The lowest BCUT2D eigenvalue weighted by Crippen LogP contribution is -2.39. The summed E-state index contributed by atoms with van der Waals surface area (Å²) < 4.78 is 0. The van der Waals surface area contributed by atoms with Crippen molar-refractivity contribution in [3.8, 4) is 0 Å². The van der Waals surface area contributed by atoms with Gasteiger partial charge in [0.1, 0.15) is 0 Å². The third-order valence-corrected chi connectivity index (χ3v) is 5.02. The van der Waals surface area contributed by atoms with Crippen LogP contribution in [-0.2, 0) is 0 Å². The number of hydrogen-bond acceptors (Lipinski definition) is 1. The smallest absolute Gasteiger partial charge is 0.0622 e. The van der Waals surface area contributed by atoms with E-state index in [1.807, 2.05) is 13.8 Å². The molecule has 1 fully saturated rings. The normalized spacial score (nSPS) is 36.2. The predicted molar refractivity (Wildman–Crippen MR) is 68.3 cm³/mol. The zero-order valence-corrected chi connectivity index (χ0v) is 11.3. The molecule has 0 bridgehead atoms. The lowest BCUT2D eigenvalue weighted by atomic mass is 9.60. The highest BCUT2D eigenvalue weighted by Crippen LogP contribution is 2.52. The maximum atomic E-state index is 10.2. The summed E-state index contributed by atoms with van der Waals surface area (Å²) in [5.41, 5.74) is 3.25. The van der Waals surface area contributed by atoms with Crippen molar-refractivity contribution < 1.29 is 5.11 Å². The molecule has 1 N–H and O–H groups in total. The topological polar surface area (TPSA) is 20.2 Å². The Kier molecular flexibility index (Phi) is 2.94. The van der Waals surface area contributed by atoms with Gasteiger partial charge in [0, 0.05) is 0 Å². The minimum Gasteiger partial charge on any atom is -0.390 e. The van der Waals surface area contributed by atoms with Gasteiger partial charge in [-0.1, -0.05) is 18.1 Å². The Morgan fingerprint density at radius 1 is 1.31 bits per heavy atom. The second kappa shape index (κ2) is 3.87. The van der Waals surface area contributed by atoms with Gasteiger partial charge in [-0.05, 0) is 70.6 Å². The molecule has 2 atom stereocenters. The van der Waals surface area contributed by atoms with Crippen LogP contribution in [-0.4, -0.2) is 10.7 Å². The van der Waals surface area contributed by atoms with E-state index >= 15 is 0 Å². The van der Waals surface area contributed by atoms with E-state index in [-0.39, 0.29) is 0 Å². The van der Waals surface area contributed by atoms with Crippen molar-refractivity contribution in [3.63, 3.8) is 0 Å². The van der Waals surface area contributed by atoms with Gasteiger partial charge < -0.3 is 5.11 Å². The van der Waals surface area contributed by atoms with Gasteiger partial charge in [0.15, 0.2) is 0 Å². The van der Waals surface area contributed by atoms with Crippen molar-refractivity contribution in [2.24, 2.45) is 11.3 Å². The zero-order valence-electron chi connectivity index (χ0n) is 11.3. The SMILES string of the molecule is CC1=C2CC(C(C)(C)O)CC[C@@]2(C)CCC1. The largest absolute Gasteiger partial charge is 0.390 e. The first-order valence-corrected chi connectivity index (χ1v) is 6.74. The van der Waals surface area contributed by atoms with Crippen LogP contribution in [0.4, 0.5) is 0 Å². The molecule has 0 aliphatic heterocycles. The van der Waals surface area contributed by atoms with Gasteiger partial charge in [-0.3, -0.25) is 0 Å². The Balaban J connectivity index is 2.25. The molecule has 0 aromatic heterocycles. The van der Waals surface area contributed by atoms with E-state index in [9.17, 15) is 5.11 Å². The Labute approximate surface area is 99.9 Å². The Hall–Kier alpha value is -0.300. The van der Waals surface area contributed by atoms with Crippen LogP contribution in [0.5, 0.6) is 0 Å². The number of rotatable bonds is 1. The molecule has 0 amide bonds. The van der Waals surface area contributed by atoms with E-state index in [1.54, 1.807) is 11.1 Å². The molecule has 0 saturated heterocycles. The molecule has 2 aliphatic rings. The summed E-state index contributed by atoms with van der Waals surface area (Å²) in [4.78, 5) is 0. The van der Waals surface area contributed by atoms with E-state index < -0.39 is 5.60 Å². The van der Waals surface area contributed by atoms with Gasteiger partial charge in [-0.15, -0.1) is 0 Å². The Bertz CT molecular complexity index is 308. The molecule has 92 valence electrons. The minimum absolute atomic E-state index is 0.462. The number of fused-ring (bicyclic) bond motifs is 1. The van der Waals surface area contributed by atoms with Crippen molar-refractivity contribution in [3.05, 3.63) is 11.1 Å². The van der Waals surface area contributed by atoms with Gasteiger partial charge >= 0.3 is 0 Å². The molecule has 0 radical (unpaired) electrons. The Morgan fingerprint density at radius 3 is 2.62 bits per heavy atom. The first-order chi connectivity index (χ1) is 7.33. The van der Waals surface area contributed by atoms with Gasteiger partial charge in [0.25, 0.3) is 0 Å². The first-order valence-electron chi connectivity index (χ1n) is 6.74. The summed E-state index contributed by atoms with van der Waals surface area (Å²) in [6, 6.07) is 0. The minimum atomic E-state index is -0.508. The monoisotopic (exact) mass is 222 g/mol. The van der Waals surface area contributed by atoms with E-state index in [0.29, 0.717) is 11.3 Å². The maximum absolute atomic E-state index is 10.2. The third-order valence-electron chi connectivity index (χ3n) is 5.02. The average molecular weight is 222 g/mol. The maximum Gasteiger partial charge on any atom is 0.0622 e. The van der Waals surface area contributed by atoms with Crippen molar-refractivity contribution in [2.75, 3.05) is 0 Å². The number of allylic oxidation sites excluding steroid dienone is 2. The molecule has 16 heavy (non-hydrogen) atoms. The summed E-state index contributed by atoms with van der Waals surface area (Å²) in [5, 5.41) is 10.2. The van der Waals surface area contributed by atoms with Gasteiger partial charge in [0.2, 0.25) is 0 Å². The van der Waals surface area contributed by atoms with Crippen molar-refractivity contribution in [1.82, 2.24) is 0 Å². The van der Waals surface area contributed by atoms with Crippen LogP contribution < -0.4 is 0 Å². The fourth-order valence-electron chi connectivity index (χ4n) is 3.70. The van der Waals surface area contributed by atoms with Gasteiger partial charge in [-0.2, -0.15) is 0 Å². The lowest BCUT2D eigenvalue weighted by Gasteiger charge is -2.46. The summed E-state index contributed by atoms with van der Waals surface area (Å²) in [6.07, 6.45) is 7.59.